The van der Waals surface area contributed by atoms with Crippen molar-refractivity contribution in [2.24, 2.45) is 0 Å². The van der Waals surface area contributed by atoms with Crippen molar-refractivity contribution in [3.05, 3.63) is 100 Å². The van der Waals surface area contributed by atoms with Crippen molar-refractivity contribution < 1.29 is 18.1 Å². The molecule has 0 aliphatic carbocycles. The summed E-state index contributed by atoms with van der Waals surface area (Å²) in [5.74, 6) is -0.345. The quantitative estimate of drug-likeness (QED) is 0.175. The van der Waals surface area contributed by atoms with Gasteiger partial charge in [-0.2, -0.15) is 0 Å². The number of hydrogen-bond acceptors (Lipinski definition) is 8. The Morgan fingerprint density at radius 3 is 1.79 bits per heavy atom. The Hall–Kier alpha value is -3.84. The molecule has 12 heteroatoms. The van der Waals surface area contributed by atoms with Gasteiger partial charge in [0.1, 0.15) is 5.69 Å². The van der Waals surface area contributed by atoms with E-state index in [4.69, 9.17) is 0 Å². The Kier molecular flexibility index (Phi) is 12.6. The molecule has 0 unspecified atom stereocenters. The van der Waals surface area contributed by atoms with Crippen LogP contribution < -0.4 is 10.0 Å². The highest BCUT2D eigenvalue weighted by Crippen LogP contribution is 2.33. The summed E-state index contributed by atoms with van der Waals surface area (Å²) in [5, 5.41) is 15.3. The second-order valence-corrected chi connectivity index (χ2v) is 12.6. The van der Waals surface area contributed by atoms with Crippen LogP contribution in [0.25, 0.3) is 0 Å². The minimum Gasteiger partial charge on any atom is -0.369 e. The summed E-state index contributed by atoms with van der Waals surface area (Å²) < 4.78 is 28.7. The number of hydrogen-bond donors (Lipinski definition) is 2. The van der Waals surface area contributed by atoms with Crippen molar-refractivity contribution in [3.8, 4) is 0 Å². The monoisotopic (exact) mass is 610 g/mol. The van der Waals surface area contributed by atoms with E-state index in [1.165, 1.54) is 12.1 Å². The van der Waals surface area contributed by atoms with Crippen molar-refractivity contribution in [1.82, 2.24) is 19.4 Å². The first-order chi connectivity index (χ1) is 20.5. The molecule has 2 N–H and O–H groups in total. The van der Waals surface area contributed by atoms with Gasteiger partial charge in [0.15, 0.2) is 0 Å². The van der Waals surface area contributed by atoms with E-state index >= 15 is 0 Å². The number of nitrogens with zero attached hydrogens (tertiary/aromatic N) is 4. The van der Waals surface area contributed by atoms with Gasteiger partial charge in [-0.05, 0) is 77.4 Å². The van der Waals surface area contributed by atoms with Gasteiger partial charge >= 0.3 is 0 Å². The van der Waals surface area contributed by atoms with E-state index in [1.54, 1.807) is 4.90 Å². The summed E-state index contributed by atoms with van der Waals surface area (Å²) >= 11 is 0. The second-order valence-electron chi connectivity index (χ2n) is 10.9. The molecule has 0 fully saturated rings. The smallest absolute Gasteiger partial charge is 0.293 e. The molecule has 0 saturated carbocycles. The van der Waals surface area contributed by atoms with Crippen LogP contribution in [0.4, 0.5) is 11.4 Å². The molecule has 0 spiro atoms. The van der Waals surface area contributed by atoms with Gasteiger partial charge in [-0.1, -0.05) is 60.7 Å². The summed E-state index contributed by atoms with van der Waals surface area (Å²) in [4.78, 5) is 29.9. The summed E-state index contributed by atoms with van der Waals surface area (Å²) in [6.45, 7) is 2.15. The van der Waals surface area contributed by atoms with Gasteiger partial charge in [0.25, 0.3) is 5.69 Å². The maximum atomic E-state index is 13.2. The molecule has 232 valence electrons. The van der Waals surface area contributed by atoms with Crippen LogP contribution in [0, 0.1) is 10.1 Å². The predicted molar refractivity (Wildman–Crippen MR) is 170 cm³/mol. The normalized spacial score (nSPS) is 11.7. The van der Waals surface area contributed by atoms with Crippen molar-refractivity contribution >= 4 is 27.3 Å². The number of anilines is 1. The van der Waals surface area contributed by atoms with Crippen LogP contribution in [0.5, 0.6) is 0 Å². The molecule has 0 saturated heterocycles. The Morgan fingerprint density at radius 1 is 0.814 bits per heavy atom. The third-order valence-electron chi connectivity index (χ3n) is 6.87. The molecule has 43 heavy (non-hydrogen) atoms. The number of carbonyl (C=O) groups is 1. The van der Waals surface area contributed by atoms with Gasteiger partial charge in [0.05, 0.1) is 22.4 Å². The molecule has 0 aliphatic rings. The zero-order valence-corrected chi connectivity index (χ0v) is 26.1. The lowest BCUT2D eigenvalue weighted by Crippen LogP contribution is -2.42. The maximum Gasteiger partial charge on any atom is 0.293 e. The molecule has 3 aromatic carbocycles. The van der Waals surface area contributed by atoms with E-state index in [0.29, 0.717) is 13.1 Å². The second kappa shape index (κ2) is 16.1. The van der Waals surface area contributed by atoms with E-state index in [9.17, 15) is 23.3 Å². The molecular weight excluding hydrogens is 568 g/mol. The minimum absolute atomic E-state index is 0.172. The molecular formula is C31H42N6O5S. The zero-order valence-electron chi connectivity index (χ0n) is 25.3. The summed E-state index contributed by atoms with van der Waals surface area (Å²) in [6, 6.07) is 22.3. The lowest BCUT2D eigenvalue weighted by Gasteiger charge is -2.24. The van der Waals surface area contributed by atoms with Crippen LogP contribution in [0.2, 0.25) is 0 Å². The minimum atomic E-state index is -4.21. The molecule has 3 aromatic rings. The van der Waals surface area contributed by atoms with Gasteiger partial charge in [-0.15, -0.1) is 0 Å². The lowest BCUT2D eigenvalue weighted by atomic mass is 9.98. The number of sulfonamides is 1. The predicted octanol–water partition coefficient (Wildman–Crippen LogP) is 3.81. The first kappa shape index (κ1) is 33.7. The average molecular weight is 611 g/mol. The highest BCUT2D eigenvalue weighted by Gasteiger charge is 2.25. The molecule has 0 aromatic heterocycles. The third-order valence-corrected chi connectivity index (χ3v) is 8.27. The fraction of sp³-hybridized carbons (Fsp3) is 0.387. The largest absolute Gasteiger partial charge is 0.369 e. The van der Waals surface area contributed by atoms with Gasteiger partial charge in [-0.3, -0.25) is 14.9 Å². The van der Waals surface area contributed by atoms with Gasteiger partial charge in [-0.25, -0.2) is 13.1 Å². The molecule has 0 heterocycles. The number of carbonyl (C=O) groups excluding carboxylic acids is 1. The van der Waals surface area contributed by atoms with Crippen molar-refractivity contribution in [1.29, 1.82) is 0 Å². The standard InChI is InChI=1S/C31H42N6O5S/c1-34(2)19-11-21-36(22-12-20-35(3)4)30(38)24-32-43(41,42)27-17-18-28(29(23-27)37(39)40)33-31(25-13-7-5-8-14-25)26-15-9-6-10-16-26/h5-10,13-18,23,31-33H,11-12,19-22,24H2,1-4H3. The number of rotatable bonds is 17. The number of nitro groups is 1. The van der Waals surface area contributed by atoms with Crippen LogP contribution in [0.1, 0.15) is 30.0 Å². The first-order valence-electron chi connectivity index (χ1n) is 14.2. The van der Waals surface area contributed by atoms with E-state index in [-0.39, 0.29) is 22.2 Å². The maximum absolute atomic E-state index is 13.2. The van der Waals surface area contributed by atoms with Crippen molar-refractivity contribution in [2.75, 3.05) is 66.2 Å². The fourth-order valence-corrected chi connectivity index (χ4v) is 5.62. The van der Waals surface area contributed by atoms with Crippen molar-refractivity contribution in [2.45, 2.75) is 23.8 Å². The van der Waals surface area contributed by atoms with Gasteiger partial charge in [0, 0.05) is 19.2 Å². The van der Waals surface area contributed by atoms with E-state index in [1.807, 2.05) is 98.7 Å². The lowest BCUT2D eigenvalue weighted by molar-refractivity contribution is -0.384. The number of nitro benzene ring substituents is 1. The van der Waals surface area contributed by atoms with Crippen LogP contribution in [0.3, 0.4) is 0 Å². The molecule has 0 aliphatic heterocycles. The molecule has 3 rings (SSSR count). The summed E-state index contributed by atoms with van der Waals surface area (Å²) in [7, 11) is 3.61. The Bertz CT molecular complexity index is 1380. The fourth-order valence-electron chi connectivity index (χ4n) is 4.63. The highest BCUT2D eigenvalue weighted by atomic mass is 32.2. The van der Waals surface area contributed by atoms with E-state index < -0.39 is 27.5 Å². The molecule has 1 amide bonds. The van der Waals surface area contributed by atoms with Crippen LogP contribution in [-0.4, -0.2) is 94.9 Å². The van der Waals surface area contributed by atoms with Gasteiger partial charge < -0.3 is 20.0 Å². The summed E-state index contributed by atoms with van der Waals surface area (Å²) in [6.07, 6.45) is 1.50. The third kappa shape index (κ3) is 10.4. The Morgan fingerprint density at radius 2 is 1.33 bits per heavy atom. The number of benzene rings is 3. The zero-order chi connectivity index (χ0) is 31.4. The Labute approximate surface area is 254 Å². The molecule has 0 bridgehead atoms. The topological polar surface area (TPSA) is 128 Å². The van der Waals surface area contributed by atoms with Crippen molar-refractivity contribution in [3.63, 3.8) is 0 Å². The highest BCUT2D eigenvalue weighted by molar-refractivity contribution is 7.89. The van der Waals surface area contributed by atoms with E-state index in [2.05, 4.69) is 10.0 Å². The average Bonchev–Trinajstić information content (AvgIpc) is 2.98. The molecule has 11 nitrogen and oxygen atoms in total. The molecule has 0 atom stereocenters. The van der Waals surface area contributed by atoms with Crippen LogP contribution in [-0.2, 0) is 14.8 Å². The number of nitrogens with one attached hydrogen (secondary N) is 2. The number of amides is 1. The summed E-state index contributed by atoms with van der Waals surface area (Å²) in [5.41, 5.74) is 1.56. The van der Waals surface area contributed by atoms with Crippen LogP contribution >= 0.6 is 0 Å². The van der Waals surface area contributed by atoms with E-state index in [0.717, 1.165) is 43.1 Å². The van der Waals surface area contributed by atoms with Crippen LogP contribution in [0.15, 0.2) is 83.8 Å². The SMILES string of the molecule is CN(C)CCCN(CCCN(C)C)C(=O)CNS(=O)(=O)c1ccc(NC(c2ccccc2)c2ccccc2)c([N+](=O)[O-])c1. The Balaban J connectivity index is 1.79. The van der Waals surface area contributed by atoms with Gasteiger partial charge in [0.2, 0.25) is 15.9 Å². The first-order valence-corrected chi connectivity index (χ1v) is 15.7. The molecule has 0 radical (unpaired) electrons.